The first-order chi connectivity index (χ1) is 15.9. The standard InChI is InChI=1S/C25H24N4O3S/c1-14-15(2)33-25-21(14)22(26)28-23(29-25)17-9-11-18(12-10-17)24(31)27-19(13-20(30)32-3)16-7-5-4-6-8-16/h4-12,19H,13H2,1-3H3,(H,27,31)(H2,26,28,29)/t19-/m0/s1. The van der Waals surface area contributed by atoms with E-state index in [0.717, 1.165) is 31.8 Å². The molecule has 1 atom stereocenters. The predicted molar refractivity (Wildman–Crippen MR) is 130 cm³/mol. The van der Waals surface area contributed by atoms with Crippen LogP contribution in [-0.2, 0) is 9.53 Å². The average molecular weight is 461 g/mol. The van der Waals surface area contributed by atoms with E-state index >= 15 is 0 Å². The van der Waals surface area contributed by atoms with Gasteiger partial charge in [-0.15, -0.1) is 11.3 Å². The number of hydrogen-bond acceptors (Lipinski definition) is 7. The second kappa shape index (κ2) is 9.38. The Kier molecular flexibility index (Phi) is 6.37. The minimum Gasteiger partial charge on any atom is -0.469 e. The van der Waals surface area contributed by atoms with Gasteiger partial charge in [-0.05, 0) is 37.1 Å². The Labute approximate surface area is 195 Å². The van der Waals surface area contributed by atoms with Crippen LogP contribution in [0.25, 0.3) is 21.6 Å². The summed E-state index contributed by atoms with van der Waals surface area (Å²) in [7, 11) is 1.33. The van der Waals surface area contributed by atoms with Crippen molar-refractivity contribution in [3.63, 3.8) is 0 Å². The molecule has 3 N–H and O–H groups in total. The van der Waals surface area contributed by atoms with Crippen molar-refractivity contribution < 1.29 is 14.3 Å². The number of ether oxygens (including phenoxy) is 1. The van der Waals surface area contributed by atoms with Crippen molar-refractivity contribution in [1.29, 1.82) is 0 Å². The van der Waals surface area contributed by atoms with Crippen molar-refractivity contribution in [3.8, 4) is 11.4 Å². The molecular weight excluding hydrogens is 436 g/mol. The topological polar surface area (TPSA) is 107 Å². The minimum atomic E-state index is -0.498. The summed E-state index contributed by atoms with van der Waals surface area (Å²) in [6.07, 6.45) is 0.0388. The molecular formula is C25H24N4O3S. The van der Waals surface area contributed by atoms with Crippen LogP contribution < -0.4 is 11.1 Å². The van der Waals surface area contributed by atoms with Gasteiger partial charge in [0.1, 0.15) is 10.6 Å². The number of rotatable bonds is 6. The number of esters is 1. The van der Waals surface area contributed by atoms with Gasteiger partial charge in [0.25, 0.3) is 5.91 Å². The fourth-order valence-electron chi connectivity index (χ4n) is 3.61. The Bertz CT molecular complexity index is 1320. The maximum absolute atomic E-state index is 12.9. The fourth-order valence-corrected chi connectivity index (χ4v) is 4.65. The number of nitrogens with two attached hydrogens (primary N) is 1. The molecule has 2 heterocycles. The van der Waals surface area contributed by atoms with Gasteiger partial charge in [-0.3, -0.25) is 9.59 Å². The second-order valence-electron chi connectivity index (χ2n) is 7.69. The Morgan fingerprint density at radius 2 is 1.76 bits per heavy atom. The molecule has 0 radical (unpaired) electrons. The molecule has 2 aromatic heterocycles. The molecule has 4 rings (SSSR count). The summed E-state index contributed by atoms with van der Waals surface area (Å²) in [6, 6.07) is 15.8. The first kappa shape index (κ1) is 22.4. The van der Waals surface area contributed by atoms with Gasteiger partial charge < -0.3 is 15.8 Å². The van der Waals surface area contributed by atoms with Crippen LogP contribution in [0.4, 0.5) is 5.82 Å². The third-order valence-corrected chi connectivity index (χ3v) is 6.67. The van der Waals surface area contributed by atoms with E-state index in [2.05, 4.69) is 15.3 Å². The summed E-state index contributed by atoms with van der Waals surface area (Å²) in [5.41, 5.74) is 9.35. The Morgan fingerprint density at radius 3 is 2.42 bits per heavy atom. The van der Waals surface area contributed by atoms with Gasteiger partial charge in [-0.2, -0.15) is 0 Å². The number of benzene rings is 2. The van der Waals surface area contributed by atoms with Crippen LogP contribution in [0.15, 0.2) is 54.6 Å². The zero-order valence-corrected chi connectivity index (χ0v) is 19.4. The molecule has 8 heteroatoms. The average Bonchev–Trinajstić information content (AvgIpc) is 3.12. The molecule has 0 spiro atoms. The van der Waals surface area contributed by atoms with Crippen molar-refractivity contribution in [2.24, 2.45) is 0 Å². The summed E-state index contributed by atoms with van der Waals surface area (Å²) in [4.78, 5) is 35.9. The smallest absolute Gasteiger partial charge is 0.307 e. The highest BCUT2D eigenvalue weighted by Crippen LogP contribution is 2.33. The molecule has 0 aliphatic carbocycles. The SMILES string of the molecule is COC(=O)C[C@H](NC(=O)c1ccc(-c2nc(N)c3c(C)c(C)sc3n2)cc1)c1ccccc1. The quantitative estimate of drug-likeness (QED) is 0.408. The van der Waals surface area contributed by atoms with Crippen molar-refractivity contribution in [2.75, 3.05) is 12.8 Å². The van der Waals surface area contributed by atoms with Crippen molar-refractivity contribution in [3.05, 3.63) is 76.2 Å². The van der Waals surface area contributed by atoms with Gasteiger partial charge in [-0.1, -0.05) is 42.5 Å². The summed E-state index contributed by atoms with van der Waals surface area (Å²) in [5, 5.41) is 3.82. The number of thiophene rings is 1. The van der Waals surface area contributed by atoms with E-state index in [4.69, 9.17) is 10.5 Å². The van der Waals surface area contributed by atoms with E-state index in [0.29, 0.717) is 17.2 Å². The maximum atomic E-state index is 12.9. The molecule has 1 amide bonds. The number of carbonyl (C=O) groups is 2. The maximum Gasteiger partial charge on any atom is 0.307 e. The lowest BCUT2D eigenvalue weighted by Gasteiger charge is -2.18. The largest absolute Gasteiger partial charge is 0.469 e. The monoisotopic (exact) mass is 460 g/mol. The number of hydrogen-bond donors (Lipinski definition) is 2. The highest BCUT2D eigenvalue weighted by atomic mass is 32.1. The summed E-state index contributed by atoms with van der Waals surface area (Å²) < 4.78 is 4.79. The molecule has 168 valence electrons. The zero-order chi connectivity index (χ0) is 23.5. The van der Waals surface area contributed by atoms with Gasteiger partial charge in [0, 0.05) is 16.0 Å². The number of amides is 1. The Balaban J connectivity index is 1.56. The second-order valence-corrected chi connectivity index (χ2v) is 8.89. The van der Waals surface area contributed by atoms with Crippen LogP contribution >= 0.6 is 11.3 Å². The molecule has 33 heavy (non-hydrogen) atoms. The Hall–Kier alpha value is -3.78. The Morgan fingerprint density at radius 1 is 1.06 bits per heavy atom. The molecule has 0 aliphatic rings. The predicted octanol–water partition coefficient (Wildman–Crippen LogP) is 4.59. The van der Waals surface area contributed by atoms with E-state index in [-0.39, 0.29) is 12.3 Å². The van der Waals surface area contributed by atoms with Crippen LogP contribution in [-0.4, -0.2) is 29.0 Å². The number of anilines is 1. The number of aromatic nitrogens is 2. The number of nitrogens with zero attached hydrogens (tertiary/aromatic N) is 2. The van der Waals surface area contributed by atoms with Crippen molar-refractivity contribution >= 4 is 39.2 Å². The van der Waals surface area contributed by atoms with Crippen LogP contribution in [0.3, 0.4) is 0 Å². The van der Waals surface area contributed by atoms with E-state index in [1.54, 1.807) is 35.6 Å². The molecule has 0 unspecified atom stereocenters. The number of nitrogens with one attached hydrogen (secondary N) is 1. The van der Waals surface area contributed by atoms with Gasteiger partial charge in [0.05, 0.1) is 25.0 Å². The number of methoxy groups -OCH3 is 1. The van der Waals surface area contributed by atoms with Crippen LogP contribution in [0.1, 0.15) is 38.8 Å². The van der Waals surface area contributed by atoms with E-state index in [1.807, 2.05) is 44.2 Å². The first-order valence-electron chi connectivity index (χ1n) is 10.4. The third kappa shape index (κ3) is 4.70. The summed E-state index contributed by atoms with van der Waals surface area (Å²) >= 11 is 1.59. The molecule has 0 saturated carbocycles. The summed E-state index contributed by atoms with van der Waals surface area (Å²) in [5.74, 6) is 0.275. The van der Waals surface area contributed by atoms with Gasteiger partial charge in [0.2, 0.25) is 0 Å². The lowest BCUT2D eigenvalue weighted by Crippen LogP contribution is -2.30. The number of nitrogen functional groups attached to an aromatic ring is 1. The van der Waals surface area contributed by atoms with Crippen molar-refractivity contribution in [1.82, 2.24) is 15.3 Å². The van der Waals surface area contributed by atoms with Gasteiger partial charge in [0.15, 0.2) is 5.82 Å². The minimum absolute atomic E-state index is 0.0388. The van der Waals surface area contributed by atoms with E-state index < -0.39 is 12.0 Å². The molecule has 0 aliphatic heterocycles. The third-order valence-electron chi connectivity index (χ3n) is 5.57. The summed E-state index contributed by atoms with van der Waals surface area (Å²) in [6.45, 7) is 4.06. The lowest BCUT2D eigenvalue weighted by molar-refractivity contribution is -0.141. The number of aryl methyl sites for hydroxylation is 2. The zero-order valence-electron chi connectivity index (χ0n) is 18.6. The highest BCUT2D eigenvalue weighted by Gasteiger charge is 2.20. The number of carbonyl (C=O) groups excluding carboxylic acids is 2. The van der Waals surface area contributed by atoms with Crippen molar-refractivity contribution in [2.45, 2.75) is 26.3 Å². The molecule has 2 aromatic carbocycles. The molecule has 0 saturated heterocycles. The number of fused-ring (bicyclic) bond motifs is 1. The van der Waals surface area contributed by atoms with E-state index in [9.17, 15) is 9.59 Å². The highest BCUT2D eigenvalue weighted by molar-refractivity contribution is 7.18. The first-order valence-corrected chi connectivity index (χ1v) is 11.2. The molecule has 4 aromatic rings. The van der Waals surface area contributed by atoms with E-state index in [1.165, 1.54) is 7.11 Å². The lowest BCUT2D eigenvalue weighted by atomic mass is 10.0. The van der Waals surface area contributed by atoms with Crippen LogP contribution in [0.2, 0.25) is 0 Å². The molecule has 0 fully saturated rings. The van der Waals surface area contributed by atoms with Crippen LogP contribution in [0.5, 0.6) is 0 Å². The van der Waals surface area contributed by atoms with Gasteiger partial charge >= 0.3 is 5.97 Å². The van der Waals surface area contributed by atoms with Crippen LogP contribution in [0, 0.1) is 13.8 Å². The van der Waals surface area contributed by atoms with Gasteiger partial charge in [-0.25, -0.2) is 9.97 Å². The molecule has 0 bridgehead atoms. The normalized spacial score (nSPS) is 11.8. The molecule has 7 nitrogen and oxygen atoms in total. The fraction of sp³-hybridized carbons (Fsp3) is 0.200.